The van der Waals surface area contributed by atoms with Crippen LogP contribution < -0.4 is 0 Å². The quantitative estimate of drug-likeness (QED) is 0.711. The van der Waals surface area contributed by atoms with Crippen molar-refractivity contribution in [3.05, 3.63) is 66.2 Å². The highest BCUT2D eigenvalue weighted by Crippen LogP contribution is 2.35. The van der Waals surface area contributed by atoms with E-state index in [0.29, 0.717) is 0 Å². The standard InChI is InChI=1S/C22H27NO2S/c1-3-7-19(8-4-1)11-14-23-15-12-22(13-16-23)24-17-20(25-22)18-26-21-9-5-2-6-10-21/h1-10,20H,11-18H2. The van der Waals surface area contributed by atoms with Crippen molar-refractivity contribution < 1.29 is 9.47 Å². The molecule has 2 aromatic carbocycles. The molecule has 2 heterocycles. The maximum Gasteiger partial charge on any atom is 0.171 e. The summed E-state index contributed by atoms with van der Waals surface area (Å²) in [6.45, 7) is 3.97. The number of piperidine rings is 1. The molecule has 4 rings (SSSR count). The van der Waals surface area contributed by atoms with Crippen molar-refractivity contribution in [3.8, 4) is 0 Å². The number of hydrogen-bond donors (Lipinski definition) is 0. The molecule has 4 heteroatoms. The number of benzene rings is 2. The second kappa shape index (κ2) is 8.57. The van der Waals surface area contributed by atoms with Gasteiger partial charge in [0.15, 0.2) is 5.79 Å². The SMILES string of the molecule is c1ccc(CCN2CCC3(CC2)OCC(CSc2ccccc2)O3)cc1. The molecule has 1 spiro atoms. The van der Waals surface area contributed by atoms with E-state index in [2.05, 4.69) is 65.6 Å². The Hall–Kier alpha value is -1.33. The van der Waals surface area contributed by atoms with E-state index >= 15 is 0 Å². The summed E-state index contributed by atoms with van der Waals surface area (Å²) >= 11 is 1.86. The number of rotatable bonds is 6. The minimum atomic E-state index is -0.328. The van der Waals surface area contributed by atoms with Crippen LogP contribution in [0.3, 0.4) is 0 Å². The van der Waals surface area contributed by atoms with Crippen LogP contribution in [-0.2, 0) is 15.9 Å². The number of likely N-dealkylation sites (tertiary alicyclic amines) is 1. The number of hydrogen-bond acceptors (Lipinski definition) is 4. The first-order valence-corrected chi connectivity index (χ1v) is 10.6. The molecule has 26 heavy (non-hydrogen) atoms. The molecular weight excluding hydrogens is 342 g/mol. The fraction of sp³-hybridized carbons (Fsp3) is 0.455. The summed E-state index contributed by atoms with van der Waals surface area (Å²) in [5.74, 6) is 0.634. The third-order valence-corrected chi connectivity index (χ3v) is 6.41. The third kappa shape index (κ3) is 4.68. The molecule has 0 amide bonds. The average Bonchev–Trinajstić information content (AvgIpc) is 3.10. The Balaban J connectivity index is 1.20. The molecule has 138 valence electrons. The fourth-order valence-corrected chi connectivity index (χ4v) is 4.61. The van der Waals surface area contributed by atoms with Crippen LogP contribution >= 0.6 is 11.8 Å². The van der Waals surface area contributed by atoms with Crippen LogP contribution in [0, 0.1) is 0 Å². The maximum absolute atomic E-state index is 6.35. The Bertz CT molecular complexity index is 671. The Morgan fingerprint density at radius 3 is 2.38 bits per heavy atom. The summed E-state index contributed by atoms with van der Waals surface area (Å²) in [5, 5.41) is 0. The summed E-state index contributed by atoms with van der Waals surface area (Å²) in [5.41, 5.74) is 1.42. The van der Waals surface area contributed by atoms with Crippen LogP contribution in [0.15, 0.2) is 65.6 Å². The lowest BCUT2D eigenvalue weighted by molar-refractivity contribution is -0.192. The molecule has 0 radical (unpaired) electrons. The lowest BCUT2D eigenvalue weighted by Gasteiger charge is -2.38. The molecule has 0 N–H and O–H groups in total. The van der Waals surface area contributed by atoms with Gasteiger partial charge in [-0.1, -0.05) is 48.5 Å². The topological polar surface area (TPSA) is 21.7 Å². The Morgan fingerprint density at radius 2 is 1.65 bits per heavy atom. The highest BCUT2D eigenvalue weighted by molar-refractivity contribution is 7.99. The van der Waals surface area contributed by atoms with Crippen LogP contribution in [0.4, 0.5) is 0 Å². The van der Waals surface area contributed by atoms with Crippen LogP contribution in [0.2, 0.25) is 0 Å². The highest BCUT2D eigenvalue weighted by atomic mass is 32.2. The van der Waals surface area contributed by atoms with E-state index in [1.807, 2.05) is 11.8 Å². The molecule has 2 fully saturated rings. The molecule has 0 bridgehead atoms. The first-order valence-electron chi connectivity index (χ1n) is 9.57. The van der Waals surface area contributed by atoms with Gasteiger partial charge in [-0.15, -0.1) is 11.8 Å². The van der Waals surface area contributed by atoms with Crippen LogP contribution in [0.5, 0.6) is 0 Å². The van der Waals surface area contributed by atoms with E-state index in [1.165, 1.54) is 10.5 Å². The zero-order valence-corrected chi connectivity index (χ0v) is 16.0. The normalized spacial score (nSPS) is 22.7. The van der Waals surface area contributed by atoms with E-state index in [1.54, 1.807) is 0 Å². The molecule has 2 aromatic rings. The van der Waals surface area contributed by atoms with Gasteiger partial charge in [-0.2, -0.15) is 0 Å². The van der Waals surface area contributed by atoms with Crippen LogP contribution in [-0.4, -0.2) is 48.8 Å². The van der Waals surface area contributed by atoms with Gasteiger partial charge in [0.2, 0.25) is 0 Å². The lowest BCUT2D eigenvalue weighted by Crippen LogP contribution is -2.46. The summed E-state index contributed by atoms with van der Waals surface area (Å²) in [6, 6.07) is 21.3. The molecule has 2 aliphatic heterocycles. The van der Waals surface area contributed by atoms with Crippen LogP contribution in [0.1, 0.15) is 18.4 Å². The summed E-state index contributed by atoms with van der Waals surface area (Å²) in [6.07, 6.45) is 3.28. The zero-order valence-electron chi connectivity index (χ0n) is 15.2. The molecule has 0 aromatic heterocycles. The summed E-state index contributed by atoms with van der Waals surface area (Å²) in [7, 11) is 0. The first kappa shape index (κ1) is 18.1. The van der Waals surface area contributed by atoms with Crippen molar-refractivity contribution in [2.75, 3.05) is 32.0 Å². The minimum absolute atomic E-state index is 0.205. The van der Waals surface area contributed by atoms with Crippen molar-refractivity contribution in [1.82, 2.24) is 4.90 Å². The highest BCUT2D eigenvalue weighted by Gasteiger charge is 2.43. The van der Waals surface area contributed by atoms with Gasteiger partial charge >= 0.3 is 0 Å². The summed E-state index contributed by atoms with van der Waals surface area (Å²) in [4.78, 5) is 3.84. The van der Waals surface area contributed by atoms with Gasteiger partial charge in [0.05, 0.1) is 12.7 Å². The predicted octanol–water partition coefficient (Wildman–Crippen LogP) is 4.23. The monoisotopic (exact) mass is 369 g/mol. The zero-order chi connectivity index (χ0) is 17.7. The molecule has 0 saturated carbocycles. The largest absolute Gasteiger partial charge is 0.347 e. The minimum Gasteiger partial charge on any atom is -0.347 e. The Morgan fingerprint density at radius 1 is 0.962 bits per heavy atom. The van der Waals surface area contributed by atoms with Gasteiger partial charge in [0, 0.05) is 43.1 Å². The van der Waals surface area contributed by atoms with E-state index in [4.69, 9.17) is 9.47 Å². The molecular formula is C22H27NO2S. The maximum atomic E-state index is 6.35. The van der Waals surface area contributed by atoms with Gasteiger partial charge < -0.3 is 14.4 Å². The Kier molecular flexibility index (Phi) is 5.95. The smallest absolute Gasteiger partial charge is 0.171 e. The molecule has 1 unspecified atom stereocenters. The van der Waals surface area contributed by atoms with E-state index in [9.17, 15) is 0 Å². The molecule has 3 nitrogen and oxygen atoms in total. The average molecular weight is 370 g/mol. The number of thioether (sulfide) groups is 1. The van der Waals surface area contributed by atoms with Gasteiger partial charge in [-0.05, 0) is 24.1 Å². The van der Waals surface area contributed by atoms with Crippen molar-refractivity contribution in [2.24, 2.45) is 0 Å². The van der Waals surface area contributed by atoms with Gasteiger partial charge in [-0.3, -0.25) is 0 Å². The first-order chi connectivity index (χ1) is 12.8. The summed E-state index contributed by atoms with van der Waals surface area (Å²) < 4.78 is 12.5. The third-order valence-electron chi connectivity index (χ3n) is 5.27. The van der Waals surface area contributed by atoms with E-state index < -0.39 is 0 Å². The van der Waals surface area contributed by atoms with Gasteiger partial charge in [0.1, 0.15) is 0 Å². The fourth-order valence-electron chi connectivity index (χ4n) is 3.72. The van der Waals surface area contributed by atoms with Crippen LogP contribution in [0.25, 0.3) is 0 Å². The Labute approximate surface area is 160 Å². The molecule has 0 aliphatic carbocycles. The van der Waals surface area contributed by atoms with Crippen molar-refractivity contribution in [3.63, 3.8) is 0 Å². The van der Waals surface area contributed by atoms with Gasteiger partial charge in [-0.25, -0.2) is 0 Å². The number of ether oxygens (including phenoxy) is 2. The second-order valence-corrected chi connectivity index (χ2v) is 8.26. The lowest BCUT2D eigenvalue weighted by atomic mass is 10.0. The van der Waals surface area contributed by atoms with Gasteiger partial charge in [0.25, 0.3) is 0 Å². The van der Waals surface area contributed by atoms with Crippen molar-refractivity contribution >= 4 is 11.8 Å². The molecule has 2 saturated heterocycles. The predicted molar refractivity (Wildman–Crippen MR) is 107 cm³/mol. The number of nitrogens with zero attached hydrogens (tertiary/aromatic N) is 1. The molecule has 2 aliphatic rings. The van der Waals surface area contributed by atoms with E-state index in [-0.39, 0.29) is 11.9 Å². The second-order valence-electron chi connectivity index (χ2n) is 7.16. The van der Waals surface area contributed by atoms with Crippen molar-refractivity contribution in [2.45, 2.75) is 36.0 Å². The molecule has 1 atom stereocenters. The van der Waals surface area contributed by atoms with E-state index in [0.717, 1.165) is 51.3 Å². The van der Waals surface area contributed by atoms with Crippen molar-refractivity contribution in [1.29, 1.82) is 0 Å².